The smallest absolute Gasteiger partial charge is 0.251 e. The maximum absolute atomic E-state index is 12.9. The second-order valence-electron chi connectivity index (χ2n) is 8.27. The number of carbonyl (C=O) groups excluding carboxylic acids is 3. The molecule has 2 aromatic rings. The van der Waals surface area contributed by atoms with Crippen LogP contribution in [-0.4, -0.2) is 54.8 Å². The highest BCUT2D eigenvalue weighted by molar-refractivity contribution is 5.97. The Hall–Kier alpha value is -3.19. The molecule has 0 spiro atoms. The van der Waals surface area contributed by atoms with E-state index in [2.05, 4.69) is 15.5 Å². The second kappa shape index (κ2) is 12.0. The van der Waals surface area contributed by atoms with Crippen molar-refractivity contribution in [1.29, 1.82) is 0 Å². The topological polar surface area (TPSA) is 105 Å². The molecule has 0 radical (unpaired) electrons. The Morgan fingerprint density at radius 3 is 2.41 bits per heavy atom. The monoisotopic (exact) mass is 436 g/mol. The zero-order valence-corrected chi connectivity index (χ0v) is 18.3. The Balaban J connectivity index is 1.52. The average Bonchev–Trinajstić information content (AvgIpc) is 2.82. The van der Waals surface area contributed by atoms with E-state index in [1.165, 1.54) is 0 Å². The highest BCUT2D eigenvalue weighted by Gasteiger charge is 2.24. The number of hydrogen-bond donors (Lipinski definition) is 3. The van der Waals surface area contributed by atoms with Crippen LogP contribution in [0.1, 0.15) is 35.2 Å². The molecule has 32 heavy (non-hydrogen) atoms. The van der Waals surface area contributed by atoms with Crippen LogP contribution >= 0.6 is 0 Å². The van der Waals surface area contributed by atoms with Gasteiger partial charge in [0.15, 0.2) is 0 Å². The summed E-state index contributed by atoms with van der Waals surface area (Å²) >= 11 is 0. The summed E-state index contributed by atoms with van der Waals surface area (Å²) in [4.78, 5) is 39.2. The number of hydrogen-bond acceptors (Lipinski definition) is 4. The molecule has 3 amide bonds. The van der Waals surface area contributed by atoms with E-state index >= 15 is 0 Å². The summed E-state index contributed by atoms with van der Waals surface area (Å²) in [7, 11) is 0. The van der Waals surface area contributed by atoms with Crippen molar-refractivity contribution >= 4 is 17.7 Å². The van der Waals surface area contributed by atoms with Gasteiger partial charge in [-0.25, -0.2) is 0 Å². The number of primary amides is 1. The Kier molecular flexibility index (Phi) is 8.80. The van der Waals surface area contributed by atoms with Crippen molar-refractivity contribution < 1.29 is 14.4 Å². The van der Waals surface area contributed by atoms with Crippen molar-refractivity contribution in [2.45, 2.75) is 31.7 Å². The maximum atomic E-state index is 12.9. The summed E-state index contributed by atoms with van der Waals surface area (Å²) in [6, 6.07) is 17.9. The molecule has 3 rings (SSSR count). The molecule has 1 fully saturated rings. The van der Waals surface area contributed by atoms with Gasteiger partial charge in [0.05, 0.1) is 5.92 Å². The lowest BCUT2D eigenvalue weighted by atomic mass is 9.97. The molecule has 2 atom stereocenters. The molecular formula is C25H32N4O3. The summed E-state index contributed by atoms with van der Waals surface area (Å²) in [5.74, 6) is -0.790. The second-order valence-corrected chi connectivity index (χ2v) is 8.27. The van der Waals surface area contributed by atoms with Crippen molar-refractivity contribution in [2.24, 2.45) is 11.7 Å². The van der Waals surface area contributed by atoms with Gasteiger partial charge in [0.2, 0.25) is 11.8 Å². The van der Waals surface area contributed by atoms with E-state index in [-0.39, 0.29) is 23.6 Å². The van der Waals surface area contributed by atoms with Gasteiger partial charge in [0, 0.05) is 25.1 Å². The number of piperidine rings is 1. The SMILES string of the molecule is NC(=O)C1CCCN(CCCNC(=O)C(Cc2ccccc2)NC(=O)c2ccccc2)C1. The number of likely N-dealkylation sites (tertiary alicyclic amines) is 1. The average molecular weight is 437 g/mol. The molecule has 1 saturated heterocycles. The van der Waals surface area contributed by atoms with Crippen molar-refractivity contribution in [2.75, 3.05) is 26.2 Å². The molecule has 0 aliphatic carbocycles. The van der Waals surface area contributed by atoms with Crippen LogP contribution in [0.5, 0.6) is 0 Å². The van der Waals surface area contributed by atoms with Gasteiger partial charge >= 0.3 is 0 Å². The van der Waals surface area contributed by atoms with E-state index in [1.807, 2.05) is 36.4 Å². The zero-order chi connectivity index (χ0) is 22.8. The predicted octanol–water partition coefficient (Wildman–Crippen LogP) is 1.73. The van der Waals surface area contributed by atoms with Crippen LogP contribution in [0.15, 0.2) is 60.7 Å². The third kappa shape index (κ3) is 7.20. The van der Waals surface area contributed by atoms with Gasteiger partial charge in [-0.3, -0.25) is 14.4 Å². The quantitative estimate of drug-likeness (QED) is 0.494. The third-order valence-corrected chi connectivity index (χ3v) is 5.80. The van der Waals surface area contributed by atoms with Crippen LogP contribution in [0.2, 0.25) is 0 Å². The maximum Gasteiger partial charge on any atom is 0.251 e. The minimum atomic E-state index is -0.667. The van der Waals surface area contributed by atoms with Crippen LogP contribution in [0.4, 0.5) is 0 Å². The first kappa shape index (κ1) is 23.5. The molecule has 7 nitrogen and oxygen atoms in total. The molecule has 1 aliphatic rings. The van der Waals surface area contributed by atoms with Crippen molar-refractivity contribution in [3.8, 4) is 0 Å². The number of nitrogens with two attached hydrogens (primary N) is 1. The number of nitrogens with one attached hydrogen (secondary N) is 2. The Labute approximate surface area is 189 Å². The zero-order valence-electron chi connectivity index (χ0n) is 18.3. The molecule has 1 aliphatic heterocycles. The fourth-order valence-corrected chi connectivity index (χ4v) is 4.02. The number of rotatable bonds is 10. The Morgan fingerprint density at radius 1 is 1.03 bits per heavy atom. The molecule has 0 saturated carbocycles. The molecule has 2 unspecified atom stereocenters. The first-order chi connectivity index (χ1) is 15.5. The third-order valence-electron chi connectivity index (χ3n) is 5.80. The fourth-order valence-electron chi connectivity index (χ4n) is 4.02. The van der Waals surface area contributed by atoms with Crippen molar-refractivity contribution in [3.05, 3.63) is 71.8 Å². The van der Waals surface area contributed by atoms with E-state index in [4.69, 9.17) is 5.73 Å². The van der Waals surface area contributed by atoms with Gasteiger partial charge in [-0.05, 0) is 50.0 Å². The lowest BCUT2D eigenvalue weighted by Crippen LogP contribution is -2.48. The van der Waals surface area contributed by atoms with Gasteiger partial charge < -0.3 is 21.3 Å². The largest absolute Gasteiger partial charge is 0.369 e. The lowest BCUT2D eigenvalue weighted by molar-refractivity contribution is -0.123. The van der Waals surface area contributed by atoms with Crippen LogP contribution in [-0.2, 0) is 16.0 Å². The summed E-state index contributed by atoms with van der Waals surface area (Å²) in [6.45, 7) is 2.93. The molecule has 0 aromatic heterocycles. The van der Waals surface area contributed by atoms with Gasteiger partial charge in [-0.1, -0.05) is 48.5 Å². The fraction of sp³-hybridized carbons (Fsp3) is 0.400. The van der Waals surface area contributed by atoms with Gasteiger partial charge in [0.25, 0.3) is 5.91 Å². The van der Waals surface area contributed by atoms with E-state index in [0.717, 1.165) is 37.9 Å². The standard InChI is InChI=1S/C25H32N4O3/c26-23(30)21-13-7-15-29(18-21)16-8-14-27-25(32)22(17-19-9-3-1-4-10-19)28-24(31)20-11-5-2-6-12-20/h1-6,9-12,21-22H,7-8,13-18H2,(H2,26,30)(H,27,32)(H,28,31). The number of nitrogens with zero attached hydrogens (tertiary/aromatic N) is 1. The van der Waals surface area contributed by atoms with Crippen molar-refractivity contribution in [1.82, 2.24) is 15.5 Å². The van der Waals surface area contributed by atoms with Crippen LogP contribution < -0.4 is 16.4 Å². The minimum absolute atomic E-state index is 0.0817. The molecule has 2 aromatic carbocycles. The van der Waals surface area contributed by atoms with E-state index in [1.54, 1.807) is 24.3 Å². The highest BCUT2D eigenvalue weighted by atomic mass is 16.2. The van der Waals surface area contributed by atoms with Gasteiger partial charge in [-0.2, -0.15) is 0 Å². The molecule has 7 heteroatoms. The molecule has 4 N–H and O–H groups in total. The Bertz CT molecular complexity index is 889. The van der Waals surface area contributed by atoms with Crippen LogP contribution in [0.25, 0.3) is 0 Å². The molecule has 170 valence electrons. The van der Waals surface area contributed by atoms with E-state index in [9.17, 15) is 14.4 Å². The lowest BCUT2D eigenvalue weighted by Gasteiger charge is -2.31. The first-order valence-electron chi connectivity index (χ1n) is 11.2. The first-order valence-corrected chi connectivity index (χ1v) is 11.2. The Morgan fingerprint density at radius 2 is 1.72 bits per heavy atom. The van der Waals surface area contributed by atoms with Gasteiger partial charge in [0.1, 0.15) is 6.04 Å². The van der Waals surface area contributed by atoms with E-state index in [0.29, 0.717) is 25.1 Å². The summed E-state index contributed by atoms with van der Waals surface area (Å²) in [5.41, 5.74) is 6.94. The summed E-state index contributed by atoms with van der Waals surface area (Å²) in [5, 5.41) is 5.84. The normalized spacial score (nSPS) is 17.3. The van der Waals surface area contributed by atoms with Crippen molar-refractivity contribution in [3.63, 3.8) is 0 Å². The van der Waals surface area contributed by atoms with Crippen LogP contribution in [0.3, 0.4) is 0 Å². The summed E-state index contributed by atoms with van der Waals surface area (Å²) < 4.78 is 0. The predicted molar refractivity (Wildman–Crippen MR) is 124 cm³/mol. The van der Waals surface area contributed by atoms with Gasteiger partial charge in [-0.15, -0.1) is 0 Å². The minimum Gasteiger partial charge on any atom is -0.369 e. The molecular weight excluding hydrogens is 404 g/mol. The number of amides is 3. The highest BCUT2D eigenvalue weighted by Crippen LogP contribution is 2.16. The van der Waals surface area contributed by atoms with Crippen LogP contribution in [0, 0.1) is 5.92 Å². The molecule has 0 bridgehead atoms. The summed E-state index contributed by atoms with van der Waals surface area (Å²) in [6.07, 6.45) is 3.00. The number of benzene rings is 2. The van der Waals surface area contributed by atoms with E-state index < -0.39 is 6.04 Å². The number of carbonyl (C=O) groups is 3. The molecule has 1 heterocycles.